The van der Waals surface area contributed by atoms with E-state index in [0.29, 0.717) is 11.3 Å². The minimum absolute atomic E-state index is 0.0152. The lowest BCUT2D eigenvalue weighted by Crippen LogP contribution is -2.28. The second-order valence-electron chi connectivity index (χ2n) is 6.95. The summed E-state index contributed by atoms with van der Waals surface area (Å²) in [6, 6.07) is 13.8. The van der Waals surface area contributed by atoms with E-state index in [1.807, 2.05) is 17.5 Å². The number of aromatic hydroxyl groups is 1. The zero-order valence-electron chi connectivity index (χ0n) is 16.4. The number of nitrogens with zero attached hydrogens (tertiary/aromatic N) is 1. The number of methoxy groups -OCH3 is 1. The Morgan fingerprint density at radius 3 is 2.65 bits per heavy atom. The van der Waals surface area contributed by atoms with Gasteiger partial charge in [-0.3, -0.25) is 9.59 Å². The van der Waals surface area contributed by atoms with Crippen molar-refractivity contribution in [2.45, 2.75) is 12.6 Å². The quantitative estimate of drug-likeness (QED) is 0.329. The van der Waals surface area contributed by atoms with Crippen molar-refractivity contribution in [2.75, 3.05) is 7.11 Å². The largest absolute Gasteiger partial charge is 0.508 e. The number of ketones is 1. The van der Waals surface area contributed by atoms with E-state index < -0.39 is 23.5 Å². The average molecular weight is 456 g/mol. The molecule has 1 amide bonds. The van der Waals surface area contributed by atoms with Crippen LogP contribution in [0.4, 0.5) is 0 Å². The first-order chi connectivity index (χ1) is 14.9. The third-order valence-corrected chi connectivity index (χ3v) is 6.25. The molecule has 0 saturated carbocycles. The van der Waals surface area contributed by atoms with Crippen molar-refractivity contribution in [1.82, 2.24) is 4.90 Å². The van der Waals surface area contributed by atoms with E-state index in [2.05, 4.69) is 0 Å². The molecule has 0 aliphatic carbocycles. The second kappa shape index (κ2) is 8.45. The van der Waals surface area contributed by atoms with Crippen LogP contribution in [0.3, 0.4) is 0 Å². The van der Waals surface area contributed by atoms with Gasteiger partial charge in [0.25, 0.3) is 11.7 Å². The number of carbonyl (C=O) groups excluding carboxylic acids is 2. The van der Waals surface area contributed by atoms with Gasteiger partial charge in [-0.25, -0.2) is 0 Å². The second-order valence-corrected chi connectivity index (χ2v) is 8.39. The first-order valence-corrected chi connectivity index (χ1v) is 10.6. The van der Waals surface area contributed by atoms with Crippen molar-refractivity contribution in [3.8, 4) is 11.5 Å². The maximum absolute atomic E-state index is 13.1. The van der Waals surface area contributed by atoms with E-state index in [-0.39, 0.29) is 28.5 Å². The Balaban J connectivity index is 1.91. The number of phenols is 1. The average Bonchev–Trinajstić information content (AvgIpc) is 3.36. The van der Waals surface area contributed by atoms with Crippen molar-refractivity contribution in [3.05, 3.63) is 86.6 Å². The number of thiophene rings is 1. The summed E-state index contributed by atoms with van der Waals surface area (Å²) in [5.41, 5.74) is 0.582. The van der Waals surface area contributed by atoms with Crippen molar-refractivity contribution < 1.29 is 24.5 Å². The van der Waals surface area contributed by atoms with E-state index in [1.54, 1.807) is 24.3 Å². The predicted molar refractivity (Wildman–Crippen MR) is 118 cm³/mol. The van der Waals surface area contributed by atoms with Crippen LogP contribution in [0.5, 0.6) is 11.5 Å². The Bertz CT molecular complexity index is 1190. The van der Waals surface area contributed by atoms with Crippen LogP contribution in [-0.4, -0.2) is 33.9 Å². The van der Waals surface area contributed by atoms with E-state index in [9.17, 15) is 19.8 Å². The van der Waals surface area contributed by atoms with E-state index >= 15 is 0 Å². The number of hydrogen-bond acceptors (Lipinski definition) is 6. The molecule has 1 atom stereocenters. The van der Waals surface area contributed by atoms with Gasteiger partial charge in [0.15, 0.2) is 0 Å². The molecule has 2 heterocycles. The first kappa shape index (κ1) is 21.0. The maximum Gasteiger partial charge on any atom is 0.295 e. The van der Waals surface area contributed by atoms with Crippen molar-refractivity contribution >= 4 is 40.4 Å². The van der Waals surface area contributed by atoms with Crippen LogP contribution in [0.2, 0.25) is 5.02 Å². The number of hydrogen-bond donors (Lipinski definition) is 2. The summed E-state index contributed by atoms with van der Waals surface area (Å²) in [6.45, 7) is 0.186. The summed E-state index contributed by atoms with van der Waals surface area (Å²) in [7, 11) is 1.47. The van der Waals surface area contributed by atoms with Gasteiger partial charge in [-0.05, 0) is 47.3 Å². The molecule has 158 valence electrons. The minimum Gasteiger partial charge on any atom is -0.508 e. The Hall–Kier alpha value is -3.29. The zero-order chi connectivity index (χ0) is 22.1. The number of phenolic OH excluding ortho intramolecular Hbond substituents is 1. The fourth-order valence-corrected chi connectivity index (χ4v) is 4.52. The fourth-order valence-electron chi connectivity index (χ4n) is 3.61. The number of Topliss-reactive ketones (excluding diaryl/α,β-unsaturated/α-hetero) is 1. The lowest BCUT2D eigenvalue weighted by molar-refractivity contribution is -0.140. The number of rotatable bonds is 5. The molecule has 4 rings (SSSR count). The highest BCUT2D eigenvalue weighted by Crippen LogP contribution is 2.42. The van der Waals surface area contributed by atoms with Gasteiger partial charge in [0.2, 0.25) is 0 Å². The molecule has 1 aliphatic rings. The van der Waals surface area contributed by atoms with Gasteiger partial charge >= 0.3 is 0 Å². The Morgan fingerprint density at radius 2 is 1.97 bits per heavy atom. The molecule has 1 unspecified atom stereocenters. The van der Waals surface area contributed by atoms with Gasteiger partial charge < -0.3 is 19.8 Å². The molecule has 8 heteroatoms. The van der Waals surface area contributed by atoms with Gasteiger partial charge in [-0.15, -0.1) is 11.3 Å². The highest BCUT2D eigenvalue weighted by atomic mass is 35.5. The SMILES string of the molecule is COc1ccc(Cl)c(/C(O)=C2\C(=O)C(=O)N(Cc3cccs3)C2c2cccc(O)c2)c1. The number of aliphatic hydroxyl groups excluding tert-OH is 1. The van der Waals surface area contributed by atoms with Crippen LogP contribution in [0.1, 0.15) is 22.0 Å². The number of ether oxygens (including phenoxy) is 1. The third kappa shape index (κ3) is 3.89. The number of amides is 1. The summed E-state index contributed by atoms with van der Waals surface area (Å²) < 4.78 is 5.20. The molecule has 2 aromatic carbocycles. The number of benzene rings is 2. The monoisotopic (exact) mass is 455 g/mol. The fraction of sp³-hybridized carbons (Fsp3) is 0.130. The summed E-state index contributed by atoms with van der Waals surface area (Å²) in [4.78, 5) is 28.3. The highest BCUT2D eigenvalue weighted by Gasteiger charge is 2.46. The van der Waals surface area contributed by atoms with E-state index in [4.69, 9.17) is 16.3 Å². The van der Waals surface area contributed by atoms with Crippen LogP contribution < -0.4 is 4.74 Å². The lowest BCUT2D eigenvalue weighted by atomic mass is 9.95. The Morgan fingerprint density at radius 1 is 1.16 bits per heavy atom. The molecule has 0 spiro atoms. The molecular formula is C23H18ClNO5S. The first-order valence-electron chi connectivity index (χ1n) is 9.34. The Kier molecular flexibility index (Phi) is 5.71. The molecule has 0 bridgehead atoms. The number of halogens is 1. The van der Waals surface area contributed by atoms with Gasteiger partial charge in [-0.1, -0.05) is 29.8 Å². The van der Waals surface area contributed by atoms with E-state index in [0.717, 1.165) is 4.88 Å². The van der Waals surface area contributed by atoms with Crippen LogP contribution in [0.25, 0.3) is 5.76 Å². The molecular weight excluding hydrogens is 438 g/mol. The summed E-state index contributed by atoms with van der Waals surface area (Å²) in [5.74, 6) is -1.53. The van der Waals surface area contributed by atoms with Crippen LogP contribution in [0, 0.1) is 0 Å². The standard InChI is InChI=1S/C23H18ClNO5S/c1-30-15-7-8-18(24)17(11-15)21(27)19-20(13-4-2-5-14(26)10-13)25(23(29)22(19)28)12-16-6-3-9-31-16/h2-11,20,26-27H,12H2,1H3/b21-19+. The smallest absolute Gasteiger partial charge is 0.295 e. The maximum atomic E-state index is 13.1. The normalized spacial score (nSPS) is 17.9. The van der Waals surface area contributed by atoms with Gasteiger partial charge in [0, 0.05) is 10.4 Å². The zero-order valence-corrected chi connectivity index (χ0v) is 18.0. The molecule has 6 nitrogen and oxygen atoms in total. The van der Waals surface area contributed by atoms with Crippen molar-refractivity contribution in [2.24, 2.45) is 0 Å². The van der Waals surface area contributed by atoms with E-state index in [1.165, 1.54) is 41.5 Å². The molecule has 1 saturated heterocycles. The Labute approximate surface area is 187 Å². The minimum atomic E-state index is -0.892. The number of carbonyl (C=O) groups is 2. The molecule has 1 fully saturated rings. The molecule has 3 aromatic rings. The summed E-state index contributed by atoms with van der Waals surface area (Å²) >= 11 is 7.74. The molecule has 31 heavy (non-hydrogen) atoms. The third-order valence-electron chi connectivity index (χ3n) is 5.06. The van der Waals surface area contributed by atoms with Gasteiger partial charge in [0.05, 0.1) is 30.3 Å². The summed E-state index contributed by atoms with van der Waals surface area (Å²) in [5, 5.41) is 23.2. The molecule has 2 N–H and O–H groups in total. The predicted octanol–water partition coefficient (Wildman–Crippen LogP) is 4.74. The van der Waals surface area contributed by atoms with Crippen molar-refractivity contribution in [3.63, 3.8) is 0 Å². The van der Waals surface area contributed by atoms with Crippen molar-refractivity contribution in [1.29, 1.82) is 0 Å². The lowest BCUT2D eigenvalue weighted by Gasteiger charge is -2.25. The number of likely N-dealkylation sites (tertiary alicyclic amines) is 1. The number of aliphatic hydroxyl groups is 1. The highest BCUT2D eigenvalue weighted by molar-refractivity contribution is 7.09. The van der Waals surface area contributed by atoms with Crippen LogP contribution in [0.15, 0.2) is 65.6 Å². The summed E-state index contributed by atoms with van der Waals surface area (Å²) in [6.07, 6.45) is 0. The molecule has 0 radical (unpaired) electrons. The van der Waals surface area contributed by atoms with Gasteiger partial charge in [0.1, 0.15) is 17.3 Å². The van der Waals surface area contributed by atoms with Crippen LogP contribution in [-0.2, 0) is 16.1 Å². The van der Waals surface area contributed by atoms with Crippen LogP contribution >= 0.6 is 22.9 Å². The van der Waals surface area contributed by atoms with Gasteiger partial charge in [-0.2, -0.15) is 0 Å². The molecule has 1 aliphatic heterocycles. The topological polar surface area (TPSA) is 87.1 Å². The molecule has 1 aromatic heterocycles.